The number of anilines is 2. The number of aromatic nitrogens is 4. The molecule has 3 amide bonds. The molecule has 0 atom stereocenters. The summed E-state index contributed by atoms with van der Waals surface area (Å²) in [5.41, 5.74) is 1.54. The molecule has 1 aliphatic heterocycles. The molecule has 0 bridgehead atoms. The minimum absolute atomic E-state index is 0.0439. The summed E-state index contributed by atoms with van der Waals surface area (Å²) in [7, 11) is 1.87. The van der Waals surface area contributed by atoms with Crippen LogP contribution in [0.15, 0.2) is 5.51 Å². The van der Waals surface area contributed by atoms with Crippen molar-refractivity contribution in [1.29, 1.82) is 0 Å². The van der Waals surface area contributed by atoms with Gasteiger partial charge in [-0.15, -0.1) is 20.4 Å². The van der Waals surface area contributed by atoms with Gasteiger partial charge in [-0.2, -0.15) is 0 Å². The Morgan fingerprint density at radius 2 is 1.89 bits per heavy atom. The van der Waals surface area contributed by atoms with Crippen molar-refractivity contribution >= 4 is 56.9 Å². The van der Waals surface area contributed by atoms with E-state index in [9.17, 15) is 19.2 Å². The summed E-state index contributed by atoms with van der Waals surface area (Å²) >= 11 is 2.75. The average Bonchev–Trinajstić information content (AvgIpc) is 3.64. The third-order valence-corrected chi connectivity index (χ3v) is 7.64. The molecule has 37 heavy (non-hydrogen) atoms. The van der Waals surface area contributed by atoms with Gasteiger partial charge < -0.3 is 9.69 Å². The van der Waals surface area contributed by atoms with Crippen molar-refractivity contribution in [3.8, 4) is 0 Å². The Morgan fingerprint density at radius 1 is 1.11 bits per heavy atom. The Hall–Kier alpha value is -2.84. The minimum atomic E-state index is -0.220. The van der Waals surface area contributed by atoms with Crippen LogP contribution in [0.2, 0.25) is 0 Å². The number of unbranched alkanes of at least 4 members (excludes halogenated alkanes) is 1. The van der Waals surface area contributed by atoms with E-state index in [-0.39, 0.29) is 24.3 Å². The summed E-state index contributed by atoms with van der Waals surface area (Å²) in [6.07, 6.45) is 9.80. The van der Waals surface area contributed by atoms with Gasteiger partial charge >= 0.3 is 0 Å². The van der Waals surface area contributed by atoms with Crippen LogP contribution < -0.4 is 10.6 Å². The summed E-state index contributed by atoms with van der Waals surface area (Å²) in [5.74, 6) is 0.257. The molecular weight excluding hydrogens is 516 g/mol. The second-order valence-electron chi connectivity index (χ2n) is 9.09. The number of hydrogen-bond acceptors (Lipinski definition) is 11. The quantitative estimate of drug-likeness (QED) is 0.318. The van der Waals surface area contributed by atoms with Crippen molar-refractivity contribution < 1.29 is 19.2 Å². The summed E-state index contributed by atoms with van der Waals surface area (Å²) in [4.78, 5) is 48.4. The number of amides is 3. The molecule has 202 valence electrons. The Bertz CT molecular complexity index is 1010. The van der Waals surface area contributed by atoms with Crippen LogP contribution in [0.3, 0.4) is 0 Å². The SMILES string of the molecule is CN(CCCC=O)CC(=O)Nc1nnc(C2CCCCC2)s1.O=C(CN1CCCC1=O)Nc1nncs1. The highest BCUT2D eigenvalue weighted by Crippen LogP contribution is 2.35. The Morgan fingerprint density at radius 3 is 2.57 bits per heavy atom. The van der Waals surface area contributed by atoms with Gasteiger partial charge in [-0.3, -0.25) is 29.9 Å². The highest BCUT2D eigenvalue weighted by Gasteiger charge is 2.23. The smallest absolute Gasteiger partial charge is 0.245 e. The summed E-state index contributed by atoms with van der Waals surface area (Å²) in [5, 5.41) is 23.1. The molecular formula is C23H34N8O4S2. The van der Waals surface area contributed by atoms with E-state index in [1.807, 2.05) is 11.9 Å². The number of aldehydes is 1. The molecule has 2 N–H and O–H groups in total. The maximum absolute atomic E-state index is 12.0. The zero-order chi connectivity index (χ0) is 26.5. The fraction of sp³-hybridized carbons (Fsp3) is 0.652. The van der Waals surface area contributed by atoms with E-state index in [2.05, 4.69) is 31.0 Å². The van der Waals surface area contributed by atoms with Gasteiger partial charge in [-0.1, -0.05) is 41.9 Å². The number of hydrogen-bond donors (Lipinski definition) is 2. The largest absolute Gasteiger partial charge is 0.333 e. The van der Waals surface area contributed by atoms with Crippen LogP contribution >= 0.6 is 22.7 Å². The van der Waals surface area contributed by atoms with E-state index >= 15 is 0 Å². The Labute approximate surface area is 224 Å². The molecule has 0 radical (unpaired) electrons. The maximum Gasteiger partial charge on any atom is 0.245 e. The van der Waals surface area contributed by atoms with Gasteiger partial charge in [0, 0.05) is 25.3 Å². The molecule has 2 aliphatic rings. The average molecular weight is 551 g/mol. The molecule has 4 rings (SSSR count). The lowest BCUT2D eigenvalue weighted by molar-refractivity contribution is -0.131. The van der Waals surface area contributed by atoms with Crippen molar-refractivity contribution in [2.75, 3.05) is 43.9 Å². The van der Waals surface area contributed by atoms with E-state index in [1.54, 1.807) is 4.90 Å². The monoisotopic (exact) mass is 550 g/mol. The van der Waals surface area contributed by atoms with Crippen LogP contribution in [0.1, 0.15) is 68.7 Å². The molecule has 2 aromatic heterocycles. The van der Waals surface area contributed by atoms with E-state index in [1.165, 1.54) is 60.3 Å². The Kier molecular flexibility index (Phi) is 12.0. The fourth-order valence-corrected chi connectivity index (χ4v) is 5.55. The highest BCUT2D eigenvalue weighted by atomic mass is 32.1. The van der Waals surface area contributed by atoms with Crippen LogP contribution in [0.4, 0.5) is 10.3 Å². The number of nitrogens with zero attached hydrogens (tertiary/aromatic N) is 6. The number of nitrogens with one attached hydrogen (secondary N) is 2. The topological polar surface area (TPSA) is 150 Å². The van der Waals surface area contributed by atoms with E-state index in [0.29, 0.717) is 42.1 Å². The van der Waals surface area contributed by atoms with Crippen LogP contribution in [0.25, 0.3) is 0 Å². The third kappa shape index (κ3) is 10.2. The standard InChI is InChI=1S/C15H24N4O2S.C8H10N4O2S/c1-19(9-5-6-10-20)11-13(21)16-15-18-17-14(22-15)12-7-3-2-4-8-12;13-6(10-8-11-9-5-15-8)4-12-3-1-2-7(12)14/h10,12H,2-9,11H2,1H3,(H,16,18,21);5H,1-4H2,(H,10,11,13). The van der Waals surface area contributed by atoms with Gasteiger partial charge in [0.2, 0.25) is 28.0 Å². The molecule has 3 heterocycles. The van der Waals surface area contributed by atoms with Crippen molar-refractivity contribution in [3.63, 3.8) is 0 Å². The van der Waals surface area contributed by atoms with E-state index < -0.39 is 0 Å². The van der Waals surface area contributed by atoms with Crippen LogP contribution in [-0.4, -0.2) is 87.4 Å². The predicted octanol–water partition coefficient (Wildman–Crippen LogP) is 2.53. The first kappa shape index (κ1) is 28.7. The van der Waals surface area contributed by atoms with Crippen LogP contribution in [-0.2, 0) is 19.2 Å². The number of rotatable bonds is 11. The second kappa shape index (κ2) is 15.4. The highest BCUT2D eigenvalue weighted by molar-refractivity contribution is 7.15. The molecule has 14 heteroatoms. The molecule has 2 fully saturated rings. The van der Waals surface area contributed by atoms with Crippen molar-refractivity contribution in [2.45, 2.75) is 63.7 Å². The van der Waals surface area contributed by atoms with Crippen molar-refractivity contribution in [3.05, 3.63) is 10.5 Å². The van der Waals surface area contributed by atoms with E-state index in [4.69, 9.17) is 0 Å². The summed E-state index contributed by atoms with van der Waals surface area (Å²) in [6.45, 7) is 1.81. The Balaban J connectivity index is 0.000000220. The normalized spacial score (nSPS) is 15.8. The number of likely N-dealkylation sites (tertiary alicyclic amines) is 1. The predicted molar refractivity (Wildman–Crippen MR) is 142 cm³/mol. The first-order valence-corrected chi connectivity index (χ1v) is 14.2. The lowest BCUT2D eigenvalue weighted by Crippen LogP contribution is -2.33. The van der Waals surface area contributed by atoms with Gasteiger partial charge in [-0.25, -0.2) is 0 Å². The zero-order valence-corrected chi connectivity index (χ0v) is 22.7. The molecule has 0 spiro atoms. The third-order valence-electron chi connectivity index (χ3n) is 6.03. The zero-order valence-electron chi connectivity index (χ0n) is 21.1. The van der Waals surface area contributed by atoms with Gasteiger partial charge in [0.15, 0.2) is 0 Å². The lowest BCUT2D eigenvalue weighted by atomic mass is 9.90. The first-order valence-electron chi connectivity index (χ1n) is 12.5. The van der Waals surface area contributed by atoms with Gasteiger partial charge in [0.25, 0.3) is 0 Å². The number of likely N-dealkylation sites (N-methyl/N-ethyl adjacent to an activating group) is 1. The maximum atomic E-state index is 12.0. The van der Waals surface area contributed by atoms with E-state index in [0.717, 1.165) is 30.7 Å². The molecule has 0 aromatic carbocycles. The van der Waals surface area contributed by atoms with Crippen LogP contribution in [0, 0.1) is 0 Å². The molecule has 1 aliphatic carbocycles. The lowest BCUT2D eigenvalue weighted by Gasteiger charge is -2.18. The fourth-order valence-electron chi connectivity index (χ4n) is 4.16. The first-order chi connectivity index (χ1) is 17.9. The molecule has 0 unspecified atom stereocenters. The minimum Gasteiger partial charge on any atom is -0.333 e. The van der Waals surface area contributed by atoms with Crippen molar-refractivity contribution in [2.24, 2.45) is 0 Å². The van der Waals surface area contributed by atoms with Crippen LogP contribution in [0.5, 0.6) is 0 Å². The summed E-state index contributed by atoms with van der Waals surface area (Å²) < 4.78 is 0. The van der Waals surface area contributed by atoms with Gasteiger partial charge in [0.05, 0.1) is 13.1 Å². The van der Waals surface area contributed by atoms with Crippen molar-refractivity contribution in [1.82, 2.24) is 30.2 Å². The van der Waals surface area contributed by atoms with Gasteiger partial charge in [-0.05, 0) is 39.3 Å². The number of carbonyl (C=O) groups is 4. The number of carbonyl (C=O) groups excluding carboxylic acids is 4. The molecule has 12 nitrogen and oxygen atoms in total. The molecule has 1 saturated heterocycles. The second-order valence-corrected chi connectivity index (χ2v) is 10.9. The van der Waals surface area contributed by atoms with Gasteiger partial charge in [0.1, 0.15) is 16.8 Å². The molecule has 1 saturated carbocycles. The summed E-state index contributed by atoms with van der Waals surface area (Å²) in [6, 6.07) is 0. The molecule has 2 aromatic rings.